The molecule has 200 valence electrons. The molecule has 5 atom stereocenters. The number of aliphatic hydroxyl groups excluding tert-OH is 2. The van der Waals surface area contributed by atoms with E-state index in [1.54, 1.807) is 20.2 Å². The van der Waals surface area contributed by atoms with E-state index in [0.717, 1.165) is 5.56 Å². The second-order valence-electron chi connectivity index (χ2n) is 10.5. The smallest absolute Gasteiger partial charge is 0.255 e. The molecule has 6 N–H and O–H groups in total. The van der Waals surface area contributed by atoms with Crippen LogP contribution >= 0.6 is 0 Å². The number of likely N-dealkylation sites (N-methyl/N-ethyl adjacent to an activating group) is 1. The Morgan fingerprint density at radius 2 is 1.72 bits per heavy atom. The molecule has 3 aliphatic carbocycles. The van der Waals surface area contributed by atoms with Gasteiger partial charge in [0.05, 0.1) is 11.6 Å². The van der Waals surface area contributed by atoms with E-state index in [0.29, 0.717) is 11.1 Å². The van der Waals surface area contributed by atoms with Crippen molar-refractivity contribution in [2.75, 3.05) is 14.1 Å². The molecule has 1 amide bonds. The standard InChI is InChI=1S/C30H28N2O7/c1-14-17-13-18-24(32(2)3)26(35)23(29(31)38)28(37)30(18,39)27(36)21(17)25(34)22-19(33)12-11-16(20(14)22)10-9-15-7-5-4-6-8-15/h4-8,11-12,14,17-18,24,33-34,37,39H,13H2,1-3H3,(H2,31,38). The van der Waals surface area contributed by atoms with Gasteiger partial charge in [0.25, 0.3) is 5.91 Å². The van der Waals surface area contributed by atoms with Gasteiger partial charge in [0, 0.05) is 22.6 Å². The summed E-state index contributed by atoms with van der Waals surface area (Å²) in [5, 5.41) is 44.8. The van der Waals surface area contributed by atoms with E-state index in [4.69, 9.17) is 5.73 Å². The number of carbonyl (C=O) groups excluding carboxylic acids is 3. The van der Waals surface area contributed by atoms with E-state index < -0.39 is 64.0 Å². The average molecular weight is 529 g/mol. The molecule has 9 nitrogen and oxygen atoms in total. The molecular formula is C30H28N2O7. The maximum atomic E-state index is 14.0. The lowest BCUT2D eigenvalue weighted by Crippen LogP contribution is -2.66. The molecule has 0 radical (unpaired) electrons. The fraction of sp³-hybridized carbons (Fsp3) is 0.300. The zero-order valence-corrected chi connectivity index (χ0v) is 21.6. The summed E-state index contributed by atoms with van der Waals surface area (Å²) in [6.07, 6.45) is 0.00807. The predicted molar refractivity (Wildman–Crippen MR) is 141 cm³/mol. The highest BCUT2D eigenvalue weighted by Gasteiger charge is 2.64. The second-order valence-corrected chi connectivity index (χ2v) is 10.5. The SMILES string of the molecule is CC1c2c(C#Cc3ccccc3)ccc(O)c2C(O)=C2C(=O)C3(O)C(O)=C(C(N)=O)C(=O)C(N(C)C)C3CC21. The fourth-order valence-electron chi connectivity index (χ4n) is 6.39. The molecule has 0 aliphatic heterocycles. The Hall–Kier alpha value is -4.39. The van der Waals surface area contributed by atoms with Gasteiger partial charge in [0.1, 0.15) is 22.8 Å². The van der Waals surface area contributed by atoms with Gasteiger partial charge in [-0.15, -0.1) is 0 Å². The van der Waals surface area contributed by atoms with Crippen LogP contribution in [0, 0.1) is 23.7 Å². The lowest BCUT2D eigenvalue weighted by Gasteiger charge is -2.51. The fourth-order valence-corrected chi connectivity index (χ4v) is 6.39. The van der Waals surface area contributed by atoms with E-state index in [-0.39, 0.29) is 23.3 Å². The molecule has 0 bridgehead atoms. The van der Waals surface area contributed by atoms with Crippen LogP contribution in [0.2, 0.25) is 0 Å². The Morgan fingerprint density at radius 3 is 2.33 bits per heavy atom. The Morgan fingerprint density at radius 1 is 1.05 bits per heavy atom. The summed E-state index contributed by atoms with van der Waals surface area (Å²) in [5.41, 5.74) is 3.50. The summed E-state index contributed by atoms with van der Waals surface area (Å²) >= 11 is 0. The van der Waals surface area contributed by atoms with Crippen LogP contribution in [0.5, 0.6) is 5.75 Å². The maximum absolute atomic E-state index is 14.0. The maximum Gasteiger partial charge on any atom is 0.255 e. The minimum atomic E-state index is -2.68. The van der Waals surface area contributed by atoms with Gasteiger partial charge < -0.3 is 26.2 Å². The first-order chi connectivity index (χ1) is 18.4. The normalized spacial score (nSPS) is 27.9. The van der Waals surface area contributed by atoms with Crippen molar-refractivity contribution in [1.82, 2.24) is 4.90 Å². The lowest BCUT2D eigenvalue weighted by atomic mass is 9.55. The van der Waals surface area contributed by atoms with Crippen molar-refractivity contribution >= 4 is 23.2 Å². The summed E-state index contributed by atoms with van der Waals surface area (Å²) in [7, 11) is 3.12. The number of phenolic OH excluding ortho intramolecular Hbond substituents is 1. The number of phenols is 1. The summed E-state index contributed by atoms with van der Waals surface area (Å²) in [4.78, 5) is 40.8. The Labute approximate surface area is 224 Å². The van der Waals surface area contributed by atoms with Gasteiger partial charge in [-0.2, -0.15) is 0 Å². The lowest BCUT2D eigenvalue weighted by molar-refractivity contribution is -0.154. The second kappa shape index (κ2) is 9.12. The molecule has 5 unspecified atom stereocenters. The van der Waals surface area contributed by atoms with Gasteiger partial charge in [-0.25, -0.2) is 0 Å². The molecule has 2 aromatic carbocycles. The zero-order chi connectivity index (χ0) is 28.4. The van der Waals surface area contributed by atoms with Crippen molar-refractivity contribution in [3.05, 3.63) is 81.6 Å². The Bertz CT molecular complexity index is 1560. The third-order valence-corrected chi connectivity index (χ3v) is 8.19. The van der Waals surface area contributed by atoms with Crippen molar-refractivity contribution in [3.8, 4) is 17.6 Å². The number of nitrogens with zero attached hydrogens (tertiary/aromatic N) is 1. The number of fused-ring (bicyclic) bond motifs is 3. The molecule has 1 fully saturated rings. The zero-order valence-electron chi connectivity index (χ0n) is 21.6. The largest absolute Gasteiger partial charge is 0.508 e. The van der Waals surface area contributed by atoms with E-state index >= 15 is 0 Å². The predicted octanol–water partition coefficient (Wildman–Crippen LogP) is 1.92. The molecule has 0 saturated heterocycles. The first-order valence-electron chi connectivity index (χ1n) is 12.5. The monoisotopic (exact) mass is 528 g/mol. The highest BCUT2D eigenvalue weighted by atomic mass is 16.3. The van der Waals surface area contributed by atoms with Crippen molar-refractivity contribution in [2.24, 2.45) is 17.6 Å². The van der Waals surface area contributed by atoms with Crippen LogP contribution < -0.4 is 5.73 Å². The summed E-state index contributed by atoms with van der Waals surface area (Å²) in [6.45, 7) is 1.82. The molecular weight excluding hydrogens is 500 g/mol. The summed E-state index contributed by atoms with van der Waals surface area (Å²) in [5.74, 6) is -1.17. The van der Waals surface area contributed by atoms with Crippen LogP contribution in [0.4, 0.5) is 0 Å². The number of aliphatic hydroxyl groups is 3. The van der Waals surface area contributed by atoms with Crippen molar-refractivity contribution in [2.45, 2.75) is 30.9 Å². The number of aromatic hydroxyl groups is 1. The summed E-state index contributed by atoms with van der Waals surface area (Å²) in [6, 6.07) is 11.1. The highest BCUT2D eigenvalue weighted by molar-refractivity contribution is 6.24. The van der Waals surface area contributed by atoms with Crippen LogP contribution in [-0.4, -0.2) is 68.5 Å². The third-order valence-electron chi connectivity index (χ3n) is 8.19. The van der Waals surface area contributed by atoms with Crippen molar-refractivity contribution in [3.63, 3.8) is 0 Å². The van der Waals surface area contributed by atoms with Crippen molar-refractivity contribution in [1.29, 1.82) is 0 Å². The summed E-state index contributed by atoms with van der Waals surface area (Å²) < 4.78 is 0. The van der Waals surface area contributed by atoms with Gasteiger partial charge in [-0.1, -0.05) is 37.0 Å². The third kappa shape index (κ3) is 3.67. The molecule has 0 aromatic heterocycles. The van der Waals surface area contributed by atoms with Crippen LogP contribution in [0.15, 0.2) is 59.4 Å². The number of hydrogen-bond acceptors (Lipinski definition) is 8. The topological polar surface area (TPSA) is 161 Å². The number of primary amides is 1. The molecule has 0 heterocycles. The molecule has 5 rings (SSSR count). The number of rotatable bonds is 2. The number of hydrogen-bond donors (Lipinski definition) is 5. The number of Topliss-reactive ketones (excluding diaryl/α,β-unsaturated/α-hetero) is 2. The number of nitrogens with two attached hydrogens (primary N) is 1. The minimum Gasteiger partial charge on any atom is -0.508 e. The molecule has 0 spiro atoms. The highest BCUT2D eigenvalue weighted by Crippen LogP contribution is 2.56. The molecule has 39 heavy (non-hydrogen) atoms. The van der Waals surface area contributed by atoms with E-state index in [1.165, 1.54) is 11.0 Å². The van der Waals surface area contributed by atoms with E-state index in [2.05, 4.69) is 11.8 Å². The average Bonchev–Trinajstić information content (AvgIpc) is 2.88. The van der Waals surface area contributed by atoms with E-state index in [1.807, 2.05) is 37.3 Å². The molecule has 2 aromatic rings. The van der Waals surface area contributed by atoms with Crippen LogP contribution in [0.1, 0.15) is 41.5 Å². The van der Waals surface area contributed by atoms with Crippen LogP contribution in [-0.2, 0) is 14.4 Å². The molecule has 9 heteroatoms. The van der Waals surface area contributed by atoms with Crippen molar-refractivity contribution < 1.29 is 34.8 Å². The van der Waals surface area contributed by atoms with Gasteiger partial charge in [0.15, 0.2) is 11.4 Å². The minimum absolute atomic E-state index is 0.00807. The van der Waals surface area contributed by atoms with Gasteiger partial charge in [0.2, 0.25) is 5.78 Å². The molecule has 1 saturated carbocycles. The first-order valence-corrected chi connectivity index (χ1v) is 12.5. The number of carbonyl (C=O) groups is 3. The molecule has 3 aliphatic rings. The van der Waals surface area contributed by atoms with E-state index in [9.17, 15) is 34.8 Å². The quantitative estimate of drug-likeness (QED) is 0.292. The number of ketones is 2. The van der Waals surface area contributed by atoms with Crippen LogP contribution in [0.25, 0.3) is 5.76 Å². The van der Waals surface area contributed by atoms with Gasteiger partial charge in [-0.3, -0.25) is 19.3 Å². The Kier molecular flexibility index (Phi) is 6.13. The first kappa shape index (κ1) is 26.2. The number of amides is 1. The number of benzene rings is 2. The van der Waals surface area contributed by atoms with Crippen LogP contribution in [0.3, 0.4) is 0 Å². The van der Waals surface area contributed by atoms with Gasteiger partial charge >= 0.3 is 0 Å². The van der Waals surface area contributed by atoms with Gasteiger partial charge in [-0.05, 0) is 62.2 Å². The Balaban J connectivity index is 1.73.